The fourth-order valence-corrected chi connectivity index (χ4v) is 3.43. The van der Waals surface area contributed by atoms with E-state index >= 15 is 0 Å². The minimum absolute atomic E-state index is 0.0307. The first-order chi connectivity index (χ1) is 10.3. The first-order valence-corrected chi connectivity index (χ1v) is 7.64. The molecule has 2 heterocycles. The zero-order valence-corrected chi connectivity index (χ0v) is 12.6. The summed E-state index contributed by atoms with van der Waals surface area (Å²) < 4.78 is 39.1. The molecule has 1 amide bonds. The molecule has 1 aliphatic rings. The largest absolute Gasteiger partial charge is 0.417 e. The van der Waals surface area contributed by atoms with Gasteiger partial charge < -0.3 is 5.32 Å². The summed E-state index contributed by atoms with van der Waals surface area (Å²) in [4.78, 5) is 16.0. The van der Waals surface area contributed by atoms with E-state index in [1.165, 1.54) is 6.92 Å². The van der Waals surface area contributed by atoms with E-state index in [0.29, 0.717) is 13.0 Å². The minimum atomic E-state index is -4.63. The van der Waals surface area contributed by atoms with Crippen LogP contribution in [0.4, 0.5) is 13.2 Å². The topological polar surface area (TPSA) is 65.8 Å². The molecule has 0 bridgehead atoms. The Kier molecular flexibility index (Phi) is 4.96. The fraction of sp³-hybridized carbons (Fsp3) is 0.500. The van der Waals surface area contributed by atoms with Crippen molar-refractivity contribution in [1.29, 1.82) is 5.26 Å². The Morgan fingerprint density at radius 2 is 2.18 bits per heavy atom. The minimum Gasteiger partial charge on any atom is -0.355 e. The molecule has 4 nitrogen and oxygen atoms in total. The van der Waals surface area contributed by atoms with Crippen LogP contribution in [-0.4, -0.2) is 22.7 Å². The second-order valence-corrected chi connectivity index (χ2v) is 6.19. The Hall–Kier alpha value is -1.75. The zero-order chi connectivity index (χ0) is 16.3. The predicted molar refractivity (Wildman–Crippen MR) is 75.2 cm³/mol. The van der Waals surface area contributed by atoms with Crippen molar-refractivity contribution >= 4 is 17.7 Å². The smallest absolute Gasteiger partial charge is 0.355 e. The number of halogens is 3. The number of rotatable bonds is 2. The van der Waals surface area contributed by atoms with Crippen molar-refractivity contribution in [1.82, 2.24) is 10.3 Å². The van der Waals surface area contributed by atoms with Gasteiger partial charge in [-0.2, -0.15) is 18.4 Å². The number of nitrogens with one attached hydrogen (secondary N) is 1. The lowest BCUT2D eigenvalue weighted by atomic mass is 10.1. The van der Waals surface area contributed by atoms with Gasteiger partial charge in [-0.15, -0.1) is 0 Å². The lowest BCUT2D eigenvalue weighted by Crippen LogP contribution is -2.30. The lowest BCUT2D eigenvalue weighted by molar-refractivity contribution is -0.138. The molecular weight excluding hydrogens is 315 g/mol. The van der Waals surface area contributed by atoms with Crippen LogP contribution < -0.4 is 5.32 Å². The molecule has 1 fully saturated rings. The van der Waals surface area contributed by atoms with Crippen LogP contribution in [0.3, 0.4) is 0 Å². The number of carbonyl (C=O) groups excluding carboxylic acids is 1. The van der Waals surface area contributed by atoms with Gasteiger partial charge in [0.2, 0.25) is 5.91 Å². The van der Waals surface area contributed by atoms with Crippen molar-refractivity contribution < 1.29 is 18.0 Å². The molecule has 0 spiro atoms. The fourth-order valence-electron chi connectivity index (χ4n) is 2.22. The van der Waals surface area contributed by atoms with E-state index in [4.69, 9.17) is 5.26 Å². The van der Waals surface area contributed by atoms with Gasteiger partial charge in [-0.3, -0.25) is 4.79 Å². The lowest BCUT2D eigenvalue weighted by Gasteiger charge is -2.16. The molecule has 2 rings (SSSR count). The van der Waals surface area contributed by atoms with Gasteiger partial charge in [-0.05, 0) is 25.8 Å². The number of hydrogen-bond donors (Lipinski definition) is 1. The first kappa shape index (κ1) is 16.6. The van der Waals surface area contributed by atoms with Gasteiger partial charge in [0.25, 0.3) is 0 Å². The monoisotopic (exact) mass is 329 g/mol. The van der Waals surface area contributed by atoms with Crippen LogP contribution in [-0.2, 0) is 11.0 Å². The number of carbonyl (C=O) groups is 1. The number of pyridine rings is 1. The summed E-state index contributed by atoms with van der Waals surface area (Å²) in [7, 11) is 0. The Morgan fingerprint density at radius 3 is 2.82 bits per heavy atom. The number of alkyl halides is 3. The third-order valence-electron chi connectivity index (χ3n) is 3.27. The van der Waals surface area contributed by atoms with Crippen LogP contribution in [0, 0.1) is 18.3 Å². The molecule has 22 heavy (non-hydrogen) atoms. The number of hydrogen-bond acceptors (Lipinski definition) is 4. The second kappa shape index (κ2) is 6.57. The SMILES string of the molecule is Cc1cc(C(F)(F)F)c(C#N)c(SC2CCCCNC2=O)n1. The van der Waals surface area contributed by atoms with Crippen LogP contribution in [0.15, 0.2) is 11.1 Å². The van der Waals surface area contributed by atoms with Crippen molar-refractivity contribution in [3.8, 4) is 6.07 Å². The first-order valence-electron chi connectivity index (χ1n) is 6.76. The molecule has 0 radical (unpaired) electrons. The number of aromatic nitrogens is 1. The molecule has 8 heteroatoms. The van der Waals surface area contributed by atoms with Gasteiger partial charge in [0.15, 0.2) is 0 Å². The van der Waals surface area contributed by atoms with Crippen LogP contribution >= 0.6 is 11.8 Å². The number of amides is 1. The molecule has 1 atom stereocenters. The van der Waals surface area contributed by atoms with Gasteiger partial charge in [-0.25, -0.2) is 4.98 Å². The second-order valence-electron chi connectivity index (χ2n) is 4.99. The van der Waals surface area contributed by atoms with Crippen molar-refractivity contribution in [3.63, 3.8) is 0 Å². The maximum atomic E-state index is 13.0. The number of aryl methyl sites for hydroxylation is 1. The molecule has 1 N–H and O–H groups in total. The molecule has 0 aromatic carbocycles. The van der Waals surface area contributed by atoms with Crippen molar-refractivity contribution in [2.45, 2.75) is 42.6 Å². The van der Waals surface area contributed by atoms with Crippen molar-refractivity contribution in [2.24, 2.45) is 0 Å². The Balaban J connectivity index is 2.40. The van der Waals surface area contributed by atoms with Crippen LogP contribution in [0.1, 0.15) is 36.1 Å². The van der Waals surface area contributed by atoms with E-state index in [0.717, 1.165) is 30.7 Å². The molecule has 1 unspecified atom stereocenters. The van der Waals surface area contributed by atoms with Crippen molar-refractivity contribution in [3.05, 3.63) is 22.9 Å². The van der Waals surface area contributed by atoms with E-state index in [9.17, 15) is 18.0 Å². The standard InChI is InChI=1S/C14H14F3N3OS/c1-8-6-10(14(15,16)17)9(7-18)13(20-8)22-11-4-2-3-5-19-12(11)21/h6,11H,2-5H2,1H3,(H,19,21). The average molecular weight is 329 g/mol. The molecule has 1 aliphatic heterocycles. The third kappa shape index (κ3) is 3.71. The molecule has 1 saturated heterocycles. The maximum absolute atomic E-state index is 13.0. The zero-order valence-electron chi connectivity index (χ0n) is 11.8. The molecule has 1 aromatic heterocycles. The van der Waals surface area contributed by atoms with E-state index in [1.54, 1.807) is 6.07 Å². The number of nitriles is 1. The molecule has 0 aliphatic carbocycles. The summed E-state index contributed by atoms with van der Waals surface area (Å²) in [6.07, 6.45) is -2.43. The normalized spacial score (nSPS) is 19.2. The summed E-state index contributed by atoms with van der Waals surface area (Å²) in [5.41, 5.74) is -1.35. The summed E-state index contributed by atoms with van der Waals surface area (Å²) in [5, 5.41) is 11.3. The number of nitrogens with zero attached hydrogens (tertiary/aromatic N) is 2. The Labute approximate surface area is 130 Å². The molecule has 118 valence electrons. The van der Waals surface area contributed by atoms with E-state index in [1.807, 2.05) is 0 Å². The van der Waals surface area contributed by atoms with Gasteiger partial charge in [0.05, 0.1) is 16.4 Å². The van der Waals surface area contributed by atoms with Crippen molar-refractivity contribution in [2.75, 3.05) is 6.54 Å². The summed E-state index contributed by atoms with van der Waals surface area (Å²) >= 11 is 0.936. The quantitative estimate of drug-likeness (QED) is 0.906. The highest BCUT2D eigenvalue weighted by atomic mass is 32.2. The third-order valence-corrected chi connectivity index (χ3v) is 4.52. The summed E-state index contributed by atoms with van der Waals surface area (Å²) in [6.45, 7) is 2.00. The molecule has 0 saturated carbocycles. The van der Waals surface area contributed by atoms with Gasteiger partial charge in [0.1, 0.15) is 11.1 Å². The summed E-state index contributed by atoms with van der Waals surface area (Å²) in [6, 6.07) is 2.44. The Morgan fingerprint density at radius 1 is 1.45 bits per heavy atom. The van der Waals surface area contributed by atoms with E-state index < -0.39 is 22.6 Å². The predicted octanol–water partition coefficient (Wildman–Crippen LogP) is 3.04. The maximum Gasteiger partial charge on any atom is 0.417 e. The van der Waals surface area contributed by atoms with Gasteiger partial charge >= 0.3 is 6.18 Å². The molecular formula is C14H14F3N3OS. The average Bonchev–Trinajstić information content (AvgIpc) is 2.63. The van der Waals surface area contributed by atoms with Gasteiger partial charge in [0, 0.05) is 12.2 Å². The summed E-state index contributed by atoms with van der Waals surface area (Å²) in [5.74, 6) is -0.219. The number of thioether (sulfide) groups is 1. The van der Waals surface area contributed by atoms with Crippen LogP contribution in [0.25, 0.3) is 0 Å². The molecule has 1 aromatic rings. The van der Waals surface area contributed by atoms with Crippen LogP contribution in [0.2, 0.25) is 0 Å². The highest BCUT2D eigenvalue weighted by Crippen LogP contribution is 2.37. The van der Waals surface area contributed by atoms with Gasteiger partial charge in [-0.1, -0.05) is 18.2 Å². The van der Waals surface area contributed by atoms with E-state index in [-0.39, 0.29) is 16.6 Å². The highest BCUT2D eigenvalue weighted by Gasteiger charge is 2.36. The Bertz CT molecular complexity index is 625. The van der Waals surface area contributed by atoms with Crippen LogP contribution in [0.5, 0.6) is 0 Å². The van der Waals surface area contributed by atoms with E-state index in [2.05, 4.69) is 10.3 Å². The highest BCUT2D eigenvalue weighted by molar-refractivity contribution is 8.00.